The molecule has 0 radical (unpaired) electrons. The first-order valence-electron chi connectivity index (χ1n) is 10.5. The van der Waals surface area contributed by atoms with Gasteiger partial charge >= 0.3 is 0 Å². The number of likely N-dealkylation sites (tertiary alicyclic amines) is 1. The van der Waals surface area contributed by atoms with Crippen LogP contribution < -0.4 is 0 Å². The molecule has 0 bridgehead atoms. The van der Waals surface area contributed by atoms with Gasteiger partial charge in [-0.05, 0) is 48.4 Å². The first-order valence-corrected chi connectivity index (χ1v) is 10.5. The number of rotatable bonds is 5. The predicted molar refractivity (Wildman–Crippen MR) is 118 cm³/mol. The van der Waals surface area contributed by atoms with E-state index in [9.17, 15) is 9.59 Å². The number of benzene rings is 2. The predicted octanol–water partition coefficient (Wildman–Crippen LogP) is 4.31. The third-order valence-corrected chi connectivity index (χ3v) is 6.16. The quantitative estimate of drug-likeness (QED) is 0.761. The lowest BCUT2D eigenvalue weighted by Crippen LogP contribution is -2.50. The lowest BCUT2D eigenvalue weighted by atomic mass is 9.72. The molecule has 2 amide bonds. The minimum Gasteiger partial charge on any atom is -0.348 e. The second-order valence-electron chi connectivity index (χ2n) is 8.41. The maximum absolute atomic E-state index is 13.2. The number of carbonyl (C=O) groups is 2. The standard InChI is InChI=1S/C25H32N2O2/c1-5-23(28)27-15-13-25(14-16-27,24(29)26(3)4)18-20-10-8-11-21(17-20)22-12-7-6-9-19(22)2/h6-12,17H,5,13-16,18H2,1-4H3. The van der Waals surface area contributed by atoms with Crippen LogP contribution in [0.3, 0.4) is 0 Å². The SMILES string of the molecule is CCC(=O)N1CCC(Cc2cccc(-c3ccccc3C)c2)(C(=O)N(C)C)CC1. The van der Waals surface area contributed by atoms with Gasteiger partial charge in [0.25, 0.3) is 0 Å². The third-order valence-electron chi connectivity index (χ3n) is 6.16. The van der Waals surface area contributed by atoms with E-state index in [-0.39, 0.29) is 11.8 Å². The highest BCUT2D eigenvalue weighted by Crippen LogP contribution is 2.38. The van der Waals surface area contributed by atoms with Crippen molar-refractivity contribution in [2.45, 2.75) is 39.5 Å². The Morgan fingerprint density at radius 1 is 1.03 bits per heavy atom. The van der Waals surface area contributed by atoms with E-state index in [0.29, 0.717) is 38.8 Å². The zero-order chi connectivity index (χ0) is 21.0. The Morgan fingerprint density at radius 2 is 1.72 bits per heavy atom. The van der Waals surface area contributed by atoms with Crippen LogP contribution in [-0.2, 0) is 16.0 Å². The highest BCUT2D eigenvalue weighted by Gasteiger charge is 2.42. The van der Waals surface area contributed by atoms with Crippen LogP contribution >= 0.6 is 0 Å². The van der Waals surface area contributed by atoms with Crippen molar-refractivity contribution in [2.75, 3.05) is 27.2 Å². The van der Waals surface area contributed by atoms with Crippen LogP contribution in [0, 0.1) is 12.3 Å². The molecule has 0 aliphatic carbocycles. The Balaban J connectivity index is 1.88. The number of nitrogens with zero attached hydrogens (tertiary/aromatic N) is 2. The van der Waals surface area contributed by atoms with Crippen LogP contribution in [0.2, 0.25) is 0 Å². The van der Waals surface area contributed by atoms with Gasteiger partial charge in [-0.1, -0.05) is 55.5 Å². The zero-order valence-electron chi connectivity index (χ0n) is 18.1. The second-order valence-corrected chi connectivity index (χ2v) is 8.41. The molecule has 29 heavy (non-hydrogen) atoms. The van der Waals surface area contributed by atoms with Gasteiger partial charge in [0.15, 0.2) is 0 Å². The molecular formula is C25H32N2O2. The molecule has 0 unspecified atom stereocenters. The average Bonchev–Trinajstić information content (AvgIpc) is 2.73. The van der Waals surface area contributed by atoms with Crippen molar-refractivity contribution in [1.82, 2.24) is 9.80 Å². The van der Waals surface area contributed by atoms with Gasteiger partial charge in [-0.3, -0.25) is 9.59 Å². The van der Waals surface area contributed by atoms with Gasteiger partial charge in [0.2, 0.25) is 11.8 Å². The van der Waals surface area contributed by atoms with Crippen LogP contribution in [0.25, 0.3) is 11.1 Å². The molecule has 1 saturated heterocycles. The van der Waals surface area contributed by atoms with Crippen LogP contribution in [0.4, 0.5) is 0 Å². The molecule has 0 atom stereocenters. The molecule has 1 fully saturated rings. The number of hydrogen-bond donors (Lipinski definition) is 0. The molecule has 2 aromatic carbocycles. The van der Waals surface area contributed by atoms with Crippen molar-refractivity contribution in [3.05, 3.63) is 59.7 Å². The van der Waals surface area contributed by atoms with E-state index >= 15 is 0 Å². The van der Waals surface area contributed by atoms with Crippen molar-refractivity contribution in [3.8, 4) is 11.1 Å². The molecule has 2 aromatic rings. The van der Waals surface area contributed by atoms with E-state index in [2.05, 4.69) is 55.5 Å². The molecule has 0 N–H and O–H groups in total. The summed E-state index contributed by atoms with van der Waals surface area (Å²) in [6.45, 7) is 5.33. The number of hydrogen-bond acceptors (Lipinski definition) is 2. The van der Waals surface area contributed by atoms with Crippen LogP contribution in [0.15, 0.2) is 48.5 Å². The number of carbonyl (C=O) groups excluding carboxylic acids is 2. The summed E-state index contributed by atoms with van der Waals surface area (Å²) in [6, 6.07) is 16.9. The van der Waals surface area contributed by atoms with Gasteiger partial charge in [0.1, 0.15) is 0 Å². The number of aryl methyl sites for hydroxylation is 1. The summed E-state index contributed by atoms with van der Waals surface area (Å²) in [5.41, 5.74) is 4.39. The summed E-state index contributed by atoms with van der Waals surface area (Å²) in [7, 11) is 3.66. The van der Waals surface area contributed by atoms with Gasteiger partial charge in [0, 0.05) is 33.6 Å². The molecular weight excluding hydrogens is 360 g/mol. The summed E-state index contributed by atoms with van der Waals surface area (Å²) in [4.78, 5) is 28.9. The normalized spacial score (nSPS) is 15.8. The summed E-state index contributed by atoms with van der Waals surface area (Å²) in [5, 5.41) is 0. The van der Waals surface area contributed by atoms with Crippen LogP contribution in [0.5, 0.6) is 0 Å². The van der Waals surface area contributed by atoms with E-state index in [1.807, 2.05) is 25.9 Å². The van der Waals surface area contributed by atoms with E-state index < -0.39 is 5.41 Å². The summed E-state index contributed by atoms with van der Waals surface area (Å²) in [6.07, 6.45) is 2.65. The molecule has 0 spiro atoms. The van der Waals surface area contributed by atoms with E-state index in [1.54, 1.807) is 4.90 Å². The Hall–Kier alpha value is -2.62. The van der Waals surface area contributed by atoms with Gasteiger partial charge < -0.3 is 9.80 Å². The van der Waals surface area contributed by atoms with Crippen LogP contribution in [-0.4, -0.2) is 48.8 Å². The van der Waals surface area contributed by atoms with Gasteiger partial charge in [-0.25, -0.2) is 0 Å². The summed E-state index contributed by atoms with van der Waals surface area (Å²) >= 11 is 0. The maximum atomic E-state index is 13.2. The molecule has 3 rings (SSSR count). The molecule has 0 saturated carbocycles. The van der Waals surface area contributed by atoms with Crippen LogP contribution in [0.1, 0.15) is 37.3 Å². The Labute approximate surface area is 174 Å². The first kappa shape index (κ1) is 21.1. The molecule has 1 heterocycles. The van der Waals surface area contributed by atoms with E-state index in [4.69, 9.17) is 0 Å². The lowest BCUT2D eigenvalue weighted by Gasteiger charge is -2.42. The molecule has 0 aromatic heterocycles. The smallest absolute Gasteiger partial charge is 0.228 e. The monoisotopic (exact) mass is 392 g/mol. The highest BCUT2D eigenvalue weighted by atomic mass is 16.2. The Morgan fingerprint density at radius 3 is 2.34 bits per heavy atom. The molecule has 154 valence electrons. The van der Waals surface area contributed by atoms with E-state index in [0.717, 1.165) is 0 Å². The summed E-state index contributed by atoms with van der Waals surface area (Å²) < 4.78 is 0. The molecule has 1 aliphatic heterocycles. The number of amides is 2. The lowest BCUT2D eigenvalue weighted by molar-refractivity contribution is -0.146. The fourth-order valence-electron chi connectivity index (χ4n) is 4.48. The average molecular weight is 393 g/mol. The van der Waals surface area contributed by atoms with Gasteiger partial charge in [0.05, 0.1) is 5.41 Å². The fraction of sp³-hybridized carbons (Fsp3) is 0.440. The third kappa shape index (κ3) is 4.52. The van der Waals surface area contributed by atoms with Crippen molar-refractivity contribution in [3.63, 3.8) is 0 Å². The van der Waals surface area contributed by atoms with Crippen molar-refractivity contribution < 1.29 is 9.59 Å². The Bertz CT molecular complexity index is 880. The van der Waals surface area contributed by atoms with Crippen molar-refractivity contribution in [1.29, 1.82) is 0 Å². The molecule has 4 heteroatoms. The number of piperidine rings is 1. The largest absolute Gasteiger partial charge is 0.348 e. The maximum Gasteiger partial charge on any atom is 0.228 e. The minimum atomic E-state index is -0.446. The van der Waals surface area contributed by atoms with E-state index in [1.165, 1.54) is 22.3 Å². The first-order chi connectivity index (χ1) is 13.9. The second kappa shape index (κ2) is 8.81. The molecule has 1 aliphatic rings. The van der Waals surface area contributed by atoms with Crippen molar-refractivity contribution in [2.24, 2.45) is 5.41 Å². The fourth-order valence-corrected chi connectivity index (χ4v) is 4.48. The highest BCUT2D eigenvalue weighted by molar-refractivity contribution is 5.83. The molecule has 4 nitrogen and oxygen atoms in total. The van der Waals surface area contributed by atoms with Gasteiger partial charge in [-0.2, -0.15) is 0 Å². The topological polar surface area (TPSA) is 40.6 Å². The van der Waals surface area contributed by atoms with Gasteiger partial charge in [-0.15, -0.1) is 0 Å². The summed E-state index contributed by atoms with van der Waals surface area (Å²) in [5.74, 6) is 0.347. The zero-order valence-corrected chi connectivity index (χ0v) is 18.1. The van der Waals surface area contributed by atoms with Crippen molar-refractivity contribution >= 4 is 11.8 Å². The Kier molecular flexibility index (Phi) is 6.41. The minimum absolute atomic E-state index is 0.169.